The molecule has 2 fully saturated rings. The molecule has 4 heterocycles. The maximum absolute atomic E-state index is 13.2. The summed E-state index contributed by atoms with van der Waals surface area (Å²) in [6.07, 6.45) is 4.09. The molecular formula is C18H20N4O4. The predicted molar refractivity (Wildman–Crippen MR) is 91.8 cm³/mol. The number of anilines is 1. The van der Waals surface area contributed by atoms with Crippen LogP contribution in [0.1, 0.15) is 23.9 Å². The van der Waals surface area contributed by atoms with Gasteiger partial charge in [-0.15, -0.1) is 0 Å². The van der Waals surface area contributed by atoms with Crippen molar-refractivity contribution >= 4 is 17.5 Å². The van der Waals surface area contributed by atoms with E-state index in [4.69, 9.17) is 9.26 Å². The highest BCUT2D eigenvalue weighted by molar-refractivity contribution is 6.01. The number of nitrogens with zero attached hydrogens (tertiary/aromatic N) is 4. The maximum Gasteiger partial charge on any atom is 0.292 e. The topological polar surface area (TPSA) is 88.8 Å². The lowest BCUT2D eigenvalue weighted by Gasteiger charge is -2.26. The Labute approximate surface area is 150 Å². The minimum atomic E-state index is -0.560. The summed E-state index contributed by atoms with van der Waals surface area (Å²) >= 11 is 0. The lowest BCUT2D eigenvalue weighted by Crippen LogP contribution is -2.40. The first-order valence-corrected chi connectivity index (χ1v) is 8.57. The SMILES string of the molecule is COc1cc(C(=O)N2C[C@@H](C)[C@@]3(CCN(c4cccnc4)C3=O)C2)on1. The van der Waals surface area contributed by atoms with Gasteiger partial charge in [0.1, 0.15) is 0 Å². The van der Waals surface area contributed by atoms with Gasteiger partial charge in [-0.25, -0.2) is 0 Å². The number of methoxy groups -OCH3 is 1. The summed E-state index contributed by atoms with van der Waals surface area (Å²) < 4.78 is 10.0. The van der Waals surface area contributed by atoms with E-state index in [1.807, 2.05) is 19.1 Å². The molecule has 0 bridgehead atoms. The quantitative estimate of drug-likeness (QED) is 0.830. The fraction of sp³-hybridized carbons (Fsp3) is 0.444. The minimum Gasteiger partial charge on any atom is -0.479 e. The van der Waals surface area contributed by atoms with Crippen molar-refractivity contribution in [2.24, 2.45) is 11.3 Å². The van der Waals surface area contributed by atoms with Crippen LogP contribution in [0.2, 0.25) is 0 Å². The second-order valence-electron chi connectivity index (χ2n) is 6.89. The normalized spacial score (nSPS) is 25.3. The van der Waals surface area contributed by atoms with Crippen molar-refractivity contribution < 1.29 is 18.8 Å². The van der Waals surface area contributed by atoms with Crippen molar-refractivity contribution in [2.75, 3.05) is 31.6 Å². The summed E-state index contributed by atoms with van der Waals surface area (Å²) in [5, 5.41) is 3.68. The first-order valence-electron chi connectivity index (χ1n) is 8.57. The molecule has 8 heteroatoms. The summed E-state index contributed by atoms with van der Waals surface area (Å²) in [4.78, 5) is 33.5. The van der Waals surface area contributed by atoms with Crippen LogP contribution in [0.5, 0.6) is 5.88 Å². The number of hydrogen-bond donors (Lipinski definition) is 0. The number of hydrogen-bond acceptors (Lipinski definition) is 6. The monoisotopic (exact) mass is 356 g/mol. The molecular weight excluding hydrogens is 336 g/mol. The van der Waals surface area contributed by atoms with Crippen LogP contribution in [0.4, 0.5) is 5.69 Å². The third-order valence-corrected chi connectivity index (χ3v) is 5.52. The molecule has 2 aliphatic rings. The zero-order valence-corrected chi connectivity index (χ0v) is 14.7. The number of rotatable bonds is 3. The summed E-state index contributed by atoms with van der Waals surface area (Å²) in [5.74, 6) is 0.238. The average molecular weight is 356 g/mol. The Kier molecular flexibility index (Phi) is 3.90. The lowest BCUT2D eigenvalue weighted by molar-refractivity contribution is -0.126. The van der Waals surface area contributed by atoms with Gasteiger partial charge in [-0.3, -0.25) is 14.6 Å². The van der Waals surface area contributed by atoms with Crippen molar-refractivity contribution in [2.45, 2.75) is 13.3 Å². The molecule has 0 saturated carbocycles. The summed E-state index contributed by atoms with van der Waals surface area (Å²) in [7, 11) is 1.46. The van der Waals surface area contributed by atoms with Crippen molar-refractivity contribution in [3.8, 4) is 5.88 Å². The van der Waals surface area contributed by atoms with Crippen molar-refractivity contribution in [1.82, 2.24) is 15.0 Å². The number of carbonyl (C=O) groups excluding carboxylic acids is 2. The Bertz CT molecular complexity index is 837. The van der Waals surface area contributed by atoms with Crippen LogP contribution in [0.15, 0.2) is 35.1 Å². The smallest absolute Gasteiger partial charge is 0.292 e. The van der Waals surface area contributed by atoms with Crippen LogP contribution >= 0.6 is 0 Å². The minimum absolute atomic E-state index is 0.0588. The van der Waals surface area contributed by atoms with Gasteiger partial charge in [0.2, 0.25) is 11.7 Å². The second-order valence-corrected chi connectivity index (χ2v) is 6.89. The van der Waals surface area contributed by atoms with Gasteiger partial charge in [0.25, 0.3) is 11.8 Å². The van der Waals surface area contributed by atoms with E-state index in [2.05, 4.69) is 10.1 Å². The standard InChI is InChI=1S/C18H20N4O4/c1-12-10-21(16(23)14-8-15(25-2)20-26-14)11-18(12)5-7-22(17(18)24)13-4-3-6-19-9-13/h3-4,6,8-9,12H,5,7,10-11H2,1-2H3/t12-,18-/m1/s1. The first kappa shape index (κ1) is 16.6. The Hall–Kier alpha value is -2.90. The van der Waals surface area contributed by atoms with Crippen molar-refractivity contribution in [3.63, 3.8) is 0 Å². The molecule has 136 valence electrons. The van der Waals surface area contributed by atoms with Crippen molar-refractivity contribution in [3.05, 3.63) is 36.4 Å². The number of amides is 2. The molecule has 1 spiro atoms. The highest BCUT2D eigenvalue weighted by Gasteiger charge is 2.56. The largest absolute Gasteiger partial charge is 0.479 e. The van der Waals surface area contributed by atoms with Crippen molar-refractivity contribution in [1.29, 1.82) is 0 Å². The fourth-order valence-corrected chi connectivity index (χ4v) is 3.99. The Balaban J connectivity index is 1.55. The molecule has 8 nitrogen and oxygen atoms in total. The number of ether oxygens (including phenoxy) is 1. The van der Waals surface area contributed by atoms with Gasteiger partial charge in [0.15, 0.2) is 0 Å². The van der Waals surface area contributed by atoms with E-state index in [1.54, 1.807) is 22.2 Å². The first-order chi connectivity index (χ1) is 12.5. The van der Waals surface area contributed by atoms with Gasteiger partial charge in [0.05, 0.1) is 30.5 Å². The van der Waals surface area contributed by atoms with Crippen LogP contribution in [-0.4, -0.2) is 53.6 Å². The Morgan fingerprint density at radius 2 is 2.31 bits per heavy atom. The summed E-state index contributed by atoms with van der Waals surface area (Å²) in [6, 6.07) is 5.17. The molecule has 2 aromatic rings. The van der Waals surface area contributed by atoms with E-state index in [0.29, 0.717) is 26.1 Å². The molecule has 0 aromatic carbocycles. The lowest BCUT2D eigenvalue weighted by atomic mass is 9.78. The molecule has 0 N–H and O–H groups in total. The summed E-state index contributed by atoms with van der Waals surface area (Å²) in [5.41, 5.74) is 0.238. The number of likely N-dealkylation sites (tertiary alicyclic amines) is 1. The third-order valence-electron chi connectivity index (χ3n) is 5.52. The van der Waals surface area contributed by atoms with E-state index < -0.39 is 5.41 Å². The number of carbonyl (C=O) groups is 2. The zero-order valence-electron chi connectivity index (χ0n) is 14.7. The van der Waals surface area contributed by atoms with E-state index in [0.717, 1.165) is 5.69 Å². The highest BCUT2D eigenvalue weighted by Crippen LogP contribution is 2.46. The van der Waals surface area contributed by atoms with Crippen LogP contribution in [0.3, 0.4) is 0 Å². The maximum atomic E-state index is 13.2. The zero-order chi connectivity index (χ0) is 18.3. The number of pyridine rings is 1. The molecule has 0 radical (unpaired) electrons. The summed E-state index contributed by atoms with van der Waals surface area (Å²) in [6.45, 7) is 3.55. The van der Waals surface area contributed by atoms with Crippen LogP contribution in [-0.2, 0) is 4.79 Å². The van der Waals surface area contributed by atoms with E-state index in [9.17, 15) is 9.59 Å². The van der Waals surface area contributed by atoms with Gasteiger partial charge in [0, 0.05) is 25.8 Å². The van der Waals surface area contributed by atoms with Gasteiger partial charge in [-0.05, 0) is 29.6 Å². The average Bonchev–Trinajstić information content (AvgIpc) is 3.35. The van der Waals surface area contributed by atoms with Crippen LogP contribution < -0.4 is 9.64 Å². The Morgan fingerprint density at radius 3 is 3.00 bits per heavy atom. The molecule has 0 aliphatic carbocycles. The fourth-order valence-electron chi connectivity index (χ4n) is 3.99. The molecule has 2 aromatic heterocycles. The van der Waals surface area contributed by atoms with Gasteiger partial charge in [-0.2, -0.15) is 0 Å². The number of aromatic nitrogens is 2. The molecule has 4 rings (SSSR count). The highest BCUT2D eigenvalue weighted by atomic mass is 16.5. The van der Waals surface area contributed by atoms with E-state index >= 15 is 0 Å². The molecule has 2 atom stereocenters. The molecule has 0 unspecified atom stereocenters. The Morgan fingerprint density at radius 1 is 1.46 bits per heavy atom. The van der Waals surface area contributed by atoms with Crippen LogP contribution in [0, 0.1) is 11.3 Å². The molecule has 2 amide bonds. The van der Waals surface area contributed by atoms with Gasteiger partial charge in [-0.1, -0.05) is 6.92 Å². The van der Waals surface area contributed by atoms with E-state index in [-0.39, 0.29) is 29.4 Å². The van der Waals surface area contributed by atoms with Crippen LogP contribution in [0.25, 0.3) is 0 Å². The van der Waals surface area contributed by atoms with Gasteiger partial charge < -0.3 is 19.1 Å². The second kappa shape index (κ2) is 6.12. The van der Waals surface area contributed by atoms with Gasteiger partial charge >= 0.3 is 0 Å². The molecule has 26 heavy (non-hydrogen) atoms. The molecule has 2 aliphatic heterocycles. The predicted octanol–water partition coefficient (Wildman–Crippen LogP) is 1.59. The third kappa shape index (κ3) is 2.44. The van der Waals surface area contributed by atoms with E-state index in [1.165, 1.54) is 13.2 Å². The molecule has 2 saturated heterocycles.